The number of benzene rings is 1. The van der Waals surface area contributed by atoms with Crippen molar-refractivity contribution < 1.29 is 20.2 Å². The Morgan fingerprint density at radius 3 is 2.17 bits per heavy atom. The van der Waals surface area contributed by atoms with E-state index in [-0.39, 0.29) is 25.5 Å². The van der Waals surface area contributed by atoms with Crippen LogP contribution in [0.1, 0.15) is 19.3 Å². The predicted octanol–water partition coefficient (Wildman–Crippen LogP) is 0.960. The summed E-state index contributed by atoms with van der Waals surface area (Å²) in [5.74, 6) is 0. The number of anilines is 2. The van der Waals surface area contributed by atoms with Gasteiger partial charge in [0, 0.05) is 51.2 Å². The normalized spacial score (nSPS) is 10.6. The van der Waals surface area contributed by atoms with Crippen LogP contribution < -0.4 is 10.2 Å². The van der Waals surface area contributed by atoms with Gasteiger partial charge in [-0.25, -0.2) is 0 Å². The van der Waals surface area contributed by atoms with Gasteiger partial charge in [-0.3, -0.25) is 10.1 Å². The van der Waals surface area contributed by atoms with E-state index in [2.05, 4.69) is 5.32 Å². The number of nitrogens with one attached hydrogen (secondary N) is 1. The number of hydrogen-bond donors (Lipinski definition) is 4. The highest BCUT2D eigenvalue weighted by molar-refractivity contribution is 5.68. The number of rotatable bonds is 12. The molecular weight excluding hydrogens is 302 g/mol. The van der Waals surface area contributed by atoms with Crippen molar-refractivity contribution in [3.63, 3.8) is 0 Å². The average Bonchev–Trinajstić information content (AvgIpc) is 2.55. The van der Waals surface area contributed by atoms with Crippen LogP contribution in [0.4, 0.5) is 17.1 Å². The Bertz CT molecular complexity index is 476. The molecule has 0 atom stereocenters. The third-order valence-corrected chi connectivity index (χ3v) is 3.37. The molecule has 0 fully saturated rings. The van der Waals surface area contributed by atoms with E-state index in [1.165, 1.54) is 6.07 Å². The highest BCUT2D eigenvalue weighted by Gasteiger charge is 2.17. The zero-order valence-corrected chi connectivity index (χ0v) is 13.1. The number of nitro groups is 1. The molecule has 0 bridgehead atoms. The van der Waals surface area contributed by atoms with Crippen molar-refractivity contribution in [3.8, 4) is 0 Å². The van der Waals surface area contributed by atoms with Gasteiger partial charge >= 0.3 is 0 Å². The lowest BCUT2D eigenvalue weighted by Crippen LogP contribution is -2.27. The van der Waals surface area contributed by atoms with E-state index in [1.807, 2.05) is 4.90 Å². The summed E-state index contributed by atoms with van der Waals surface area (Å²) in [5.41, 5.74) is 1.07. The first-order chi connectivity index (χ1) is 11.1. The molecule has 130 valence electrons. The second kappa shape index (κ2) is 10.8. The van der Waals surface area contributed by atoms with Crippen LogP contribution in [0.3, 0.4) is 0 Å². The van der Waals surface area contributed by atoms with Crippen LogP contribution in [0, 0.1) is 10.1 Å². The summed E-state index contributed by atoms with van der Waals surface area (Å²) in [6, 6.07) is 4.93. The fraction of sp³-hybridized carbons (Fsp3) is 0.600. The summed E-state index contributed by atoms with van der Waals surface area (Å²) in [5, 5.41) is 41.0. The molecule has 0 heterocycles. The molecule has 1 aromatic rings. The first kappa shape index (κ1) is 19.1. The quantitative estimate of drug-likeness (QED) is 0.256. The third kappa shape index (κ3) is 6.39. The van der Waals surface area contributed by atoms with Crippen molar-refractivity contribution in [1.82, 2.24) is 0 Å². The maximum Gasteiger partial charge on any atom is 0.294 e. The van der Waals surface area contributed by atoms with Gasteiger partial charge < -0.3 is 25.5 Å². The van der Waals surface area contributed by atoms with E-state index in [1.54, 1.807) is 12.1 Å². The van der Waals surface area contributed by atoms with Crippen LogP contribution in [0.25, 0.3) is 0 Å². The highest BCUT2D eigenvalue weighted by atomic mass is 16.6. The van der Waals surface area contributed by atoms with Crippen LogP contribution in [0.5, 0.6) is 0 Å². The number of aliphatic hydroxyl groups is 3. The van der Waals surface area contributed by atoms with Gasteiger partial charge in [0.2, 0.25) is 0 Å². The Morgan fingerprint density at radius 2 is 1.65 bits per heavy atom. The van der Waals surface area contributed by atoms with Crippen molar-refractivity contribution in [2.45, 2.75) is 19.3 Å². The molecule has 0 spiro atoms. The Balaban J connectivity index is 2.95. The zero-order valence-electron chi connectivity index (χ0n) is 13.1. The Kier molecular flexibility index (Phi) is 8.96. The summed E-state index contributed by atoms with van der Waals surface area (Å²) in [6.07, 6.45) is 1.61. The van der Waals surface area contributed by atoms with Gasteiger partial charge in [0.15, 0.2) is 0 Å². The fourth-order valence-corrected chi connectivity index (χ4v) is 2.21. The minimum Gasteiger partial charge on any atom is -0.396 e. The molecule has 8 heteroatoms. The molecule has 0 radical (unpaired) electrons. The van der Waals surface area contributed by atoms with Crippen LogP contribution >= 0.6 is 0 Å². The lowest BCUT2D eigenvalue weighted by molar-refractivity contribution is -0.383. The molecule has 0 aromatic heterocycles. The van der Waals surface area contributed by atoms with E-state index < -0.39 is 4.92 Å². The van der Waals surface area contributed by atoms with Crippen molar-refractivity contribution in [3.05, 3.63) is 28.3 Å². The summed E-state index contributed by atoms with van der Waals surface area (Å²) in [7, 11) is 0. The van der Waals surface area contributed by atoms with E-state index in [4.69, 9.17) is 15.3 Å². The van der Waals surface area contributed by atoms with Gasteiger partial charge in [-0.2, -0.15) is 0 Å². The van der Waals surface area contributed by atoms with Gasteiger partial charge in [-0.05, 0) is 31.4 Å². The second-order valence-electron chi connectivity index (χ2n) is 5.10. The number of nitrogens with zero attached hydrogens (tertiary/aromatic N) is 2. The highest BCUT2D eigenvalue weighted by Crippen LogP contribution is 2.30. The number of aliphatic hydroxyl groups excluding tert-OH is 3. The van der Waals surface area contributed by atoms with Crippen LogP contribution in [0.15, 0.2) is 18.2 Å². The second-order valence-corrected chi connectivity index (χ2v) is 5.10. The maximum absolute atomic E-state index is 11.3. The average molecular weight is 327 g/mol. The summed E-state index contributed by atoms with van der Waals surface area (Å²) in [4.78, 5) is 12.7. The molecule has 0 aliphatic carbocycles. The standard InChI is InChI=1S/C15H25N3O5/c19-9-1-6-16-14-5-4-13(12-15(14)18(22)23)17(7-2-10-20)8-3-11-21/h4-5,12,16,19-21H,1-3,6-11H2. The van der Waals surface area contributed by atoms with E-state index >= 15 is 0 Å². The van der Waals surface area contributed by atoms with Crippen molar-refractivity contribution >= 4 is 17.1 Å². The minimum atomic E-state index is -0.443. The first-order valence-electron chi connectivity index (χ1n) is 7.74. The maximum atomic E-state index is 11.3. The van der Waals surface area contributed by atoms with Gasteiger partial charge in [0.05, 0.1) is 4.92 Å². The monoisotopic (exact) mass is 327 g/mol. The minimum absolute atomic E-state index is 0.0228. The van der Waals surface area contributed by atoms with Gasteiger partial charge in [0.1, 0.15) is 5.69 Å². The van der Waals surface area contributed by atoms with Crippen LogP contribution in [0.2, 0.25) is 0 Å². The smallest absolute Gasteiger partial charge is 0.294 e. The molecule has 0 amide bonds. The van der Waals surface area contributed by atoms with Crippen LogP contribution in [-0.2, 0) is 0 Å². The number of hydrogen-bond acceptors (Lipinski definition) is 7. The van der Waals surface area contributed by atoms with Crippen molar-refractivity contribution in [2.24, 2.45) is 0 Å². The molecule has 0 aliphatic rings. The predicted molar refractivity (Wildman–Crippen MR) is 88.9 cm³/mol. The Labute approximate surface area is 135 Å². The molecule has 4 N–H and O–H groups in total. The molecule has 1 aromatic carbocycles. The molecule has 0 aliphatic heterocycles. The third-order valence-electron chi connectivity index (χ3n) is 3.37. The lowest BCUT2D eigenvalue weighted by Gasteiger charge is -2.24. The molecule has 8 nitrogen and oxygen atoms in total. The van der Waals surface area contributed by atoms with Gasteiger partial charge in [-0.1, -0.05) is 0 Å². The molecule has 0 saturated carbocycles. The summed E-state index contributed by atoms with van der Waals surface area (Å²) >= 11 is 0. The van der Waals surface area contributed by atoms with E-state index in [0.29, 0.717) is 50.3 Å². The Hall–Kier alpha value is -1.90. The van der Waals surface area contributed by atoms with Crippen molar-refractivity contribution in [1.29, 1.82) is 0 Å². The molecular formula is C15H25N3O5. The van der Waals surface area contributed by atoms with Crippen molar-refractivity contribution in [2.75, 3.05) is 49.7 Å². The summed E-state index contributed by atoms with van der Waals surface area (Å²) in [6.45, 7) is 1.68. The molecule has 1 rings (SSSR count). The Morgan fingerprint density at radius 1 is 1.04 bits per heavy atom. The number of nitro benzene ring substituents is 1. The summed E-state index contributed by atoms with van der Waals surface area (Å²) < 4.78 is 0. The molecule has 0 unspecified atom stereocenters. The lowest BCUT2D eigenvalue weighted by atomic mass is 10.2. The topological polar surface area (TPSA) is 119 Å². The first-order valence-corrected chi connectivity index (χ1v) is 7.74. The van der Waals surface area contributed by atoms with E-state index in [9.17, 15) is 10.1 Å². The largest absolute Gasteiger partial charge is 0.396 e. The van der Waals surface area contributed by atoms with E-state index in [0.717, 1.165) is 0 Å². The van der Waals surface area contributed by atoms with Gasteiger partial charge in [-0.15, -0.1) is 0 Å². The molecule has 23 heavy (non-hydrogen) atoms. The zero-order chi connectivity index (χ0) is 17.1. The van der Waals surface area contributed by atoms with Crippen LogP contribution in [-0.4, -0.2) is 59.7 Å². The fourth-order valence-electron chi connectivity index (χ4n) is 2.21. The van der Waals surface area contributed by atoms with Gasteiger partial charge in [0.25, 0.3) is 5.69 Å². The molecule has 0 saturated heterocycles. The SMILES string of the molecule is O=[N+]([O-])c1cc(N(CCCO)CCCO)ccc1NCCCO.